The van der Waals surface area contributed by atoms with Crippen LogP contribution in [0.2, 0.25) is 0 Å². The Morgan fingerprint density at radius 2 is 1.21 bits per heavy atom. The number of hydrogen-bond donors (Lipinski definition) is 5. The highest BCUT2D eigenvalue weighted by molar-refractivity contribution is 5.76. The van der Waals surface area contributed by atoms with Crippen molar-refractivity contribution in [3.05, 3.63) is 48.0 Å². The van der Waals surface area contributed by atoms with E-state index in [0.717, 1.165) is 37.7 Å². The zero-order chi connectivity index (χ0) is 46.9. The van der Waals surface area contributed by atoms with Gasteiger partial charge in [0.1, 0.15) is 19.9 Å². The fourth-order valence-corrected chi connectivity index (χ4v) is 2.86. The summed E-state index contributed by atoms with van der Waals surface area (Å²) in [5, 5.41) is 2.59. The van der Waals surface area contributed by atoms with Crippen LogP contribution in [-0.2, 0) is 34.1 Å². The molecule has 1 aromatic carbocycles. The molecule has 0 fully saturated rings. The van der Waals surface area contributed by atoms with Crippen molar-refractivity contribution in [1.29, 1.82) is 0 Å². The van der Waals surface area contributed by atoms with Crippen LogP contribution < -0.4 is 28.3 Å². The molecular weight excluding hydrogens is 713 g/mol. The van der Waals surface area contributed by atoms with Gasteiger partial charge in [0.05, 0.1) is 19.6 Å². The Balaban J connectivity index is -0.0000000418. The Hall–Kier alpha value is -3.78. The first-order valence-corrected chi connectivity index (χ1v) is 18.9. The van der Waals surface area contributed by atoms with E-state index in [2.05, 4.69) is 67.9 Å². The molecule has 0 heterocycles. The lowest BCUT2D eigenvalue weighted by molar-refractivity contribution is -0.145. The number of hydrogen-bond acceptors (Lipinski definition) is 11. The minimum absolute atomic E-state index is 0. The summed E-state index contributed by atoms with van der Waals surface area (Å²) in [5.41, 5.74) is 20.6. The van der Waals surface area contributed by atoms with Crippen molar-refractivity contribution in [3.8, 4) is 0 Å². The second-order valence-corrected chi connectivity index (χ2v) is 10.7. The maximum absolute atomic E-state index is 11.1. The van der Waals surface area contributed by atoms with E-state index in [-0.39, 0.29) is 43.1 Å². The quantitative estimate of drug-likeness (QED) is 0.0606. The summed E-state index contributed by atoms with van der Waals surface area (Å²) in [6.45, 7) is 33.0. The van der Waals surface area contributed by atoms with Crippen LogP contribution in [0, 0.1) is 5.92 Å². The maximum Gasteiger partial charge on any atom is 0.308 e. The van der Waals surface area contributed by atoms with Crippen LogP contribution in [0.5, 0.6) is 0 Å². The van der Waals surface area contributed by atoms with Gasteiger partial charge in [0.2, 0.25) is 11.8 Å². The third-order valence-corrected chi connectivity index (χ3v) is 5.11. The van der Waals surface area contributed by atoms with E-state index < -0.39 is 0 Å². The molecule has 1 aromatic rings. The fourth-order valence-electron chi connectivity index (χ4n) is 2.86. The number of nitrogens with two attached hydrogens (primary N) is 4. The van der Waals surface area contributed by atoms with E-state index in [1.165, 1.54) is 39.6 Å². The van der Waals surface area contributed by atoms with Crippen LogP contribution in [0.4, 0.5) is 0 Å². The second kappa shape index (κ2) is 84.0. The molecule has 0 radical (unpaired) electrons. The van der Waals surface area contributed by atoms with Gasteiger partial charge in [-0.3, -0.25) is 19.2 Å². The van der Waals surface area contributed by atoms with Gasteiger partial charge in [-0.2, -0.15) is 0 Å². The zero-order valence-electron chi connectivity index (χ0n) is 38.9. The highest BCUT2D eigenvalue weighted by Crippen LogP contribution is 2.21. The molecule has 0 saturated carbocycles. The van der Waals surface area contributed by atoms with Crippen molar-refractivity contribution in [2.45, 2.75) is 134 Å². The Morgan fingerprint density at radius 1 is 0.839 bits per heavy atom. The van der Waals surface area contributed by atoms with Gasteiger partial charge < -0.3 is 47.5 Å². The number of benzene rings is 1. The summed E-state index contributed by atoms with van der Waals surface area (Å²) in [6.07, 6.45) is 8.45. The Bertz CT molecular complexity index is 832. The lowest BCUT2D eigenvalue weighted by Crippen LogP contribution is -2.25. The smallest absolute Gasteiger partial charge is 0.308 e. The van der Waals surface area contributed by atoms with Crippen molar-refractivity contribution in [3.63, 3.8) is 0 Å². The standard InChI is InChI=1S/C11H23NO2.C11H14O.C4H9NO.C3H8N2O.C3H6.3C2H6.2CH5N.2CH2O.CH4/c1-10(11(13)14-4)8-6-5-7-9-12(2)3;1-11(2,3)10-6-4-9(8-12)5-7-10;1-2-3-4(5)6;1-5-2-3(4)6;1-3-2;7*1-2;/h10H,5-9H2,1-4H3;4-8H,1-3H3;2-3H2,1H3,(H2,5,6);5H,2H2,1H3,(H2,4,6);3H,1H2,2H3;3*1-2H3;2*2H2,1H3;2*1H2;1H4/t10-;;;;;;;;;;;;/m1............/s1. The fraction of sp³-hybridized carbons (Fsp3) is 0.674. The van der Waals surface area contributed by atoms with E-state index in [4.69, 9.17) is 21.1 Å². The second-order valence-electron chi connectivity index (χ2n) is 10.7. The minimum atomic E-state index is -0.322. The van der Waals surface area contributed by atoms with Gasteiger partial charge in [-0.05, 0) is 78.9 Å². The molecule has 13 nitrogen and oxygen atoms in total. The first-order valence-electron chi connectivity index (χ1n) is 18.9. The number of nitrogens with zero attached hydrogens (tertiary/aromatic N) is 1. The number of carbonyl (C=O) groups is 6. The van der Waals surface area contributed by atoms with Gasteiger partial charge >= 0.3 is 5.97 Å². The van der Waals surface area contributed by atoms with E-state index >= 15 is 0 Å². The highest BCUT2D eigenvalue weighted by Gasteiger charge is 2.12. The third-order valence-electron chi connectivity index (χ3n) is 5.11. The monoisotopic (exact) mass is 809 g/mol. The number of likely N-dealkylation sites (N-methyl/N-ethyl adjacent to an activating group) is 1. The summed E-state index contributed by atoms with van der Waals surface area (Å²) in [6, 6.07) is 7.72. The number of allylic oxidation sites excluding steroid dienone is 1. The molecule has 0 saturated heterocycles. The molecule has 1 rings (SSSR count). The zero-order valence-corrected chi connectivity index (χ0v) is 38.9. The molecular formula is C43H96N6O7. The average Bonchev–Trinajstić information content (AvgIpc) is 3.20. The molecule has 13 heteroatoms. The number of rotatable bonds is 12. The molecule has 0 unspecified atom stereocenters. The van der Waals surface area contributed by atoms with Gasteiger partial charge in [-0.25, -0.2) is 0 Å². The lowest BCUT2D eigenvalue weighted by Gasteiger charge is -2.18. The molecule has 0 aliphatic heterocycles. The largest absolute Gasteiger partial charge is 0.469 e. The van der Waals surface area contributed by atoms with E-state index in [1.807, 2.05) is 100 Å². The number of amides is 2. The topological polar surface area (TPSA) is 231 Å². The molecule has 2 amide bonds. The number of esters is 1. The Kier molecular flexibility index (Phi) is 127. The highest BCUT2D eigenvalue weighted by atomic mass is 16.5. The molecule has 0 bridgehead atoms. The summed E-state index contributed by atoms with van der Waals surface area (Å²) in [7, 11) is 10.3. The number of primary amides is 2. The van der Waals surface area contributed by atoms with Gasteiger partial charge in [-0.15, -0.1) is 6.58 Å². The van der Waals surface area contributed by atoms with Crippen molar-refractivity contribution >= 4 is 37.6 Å². The van der Waals surface area contributed by atoms with Crippen LogP contribution >= 0.6 is 0 Å². The van der Waals surface area contributed by atoms with Crippen LogP contribution in [0.25, 0.3) is 0 Å². The normalized spacial score (nSPS) is 8.30. The number of unbranched alkanes of at least 4 members (excludes halogenated alkanes) is 2. The molecule has 340 valence electrons. The molecule has 0 aromatic heterocycles. The van der Waals surface area contributed by atoms with Crippen LogP contribution in [0.1, 0.15) is 145 Å². The molecule has 9 N–H and O–H groups in total. The van der Waals surface area contributed by atoms with Gasteiger partial charge in [0, 0.05) is 12.0 Å². The van der Waals surface area contributed by atoms with E-state index in [0.29, 0.717) is 6.42 Å². The van der Waals surface area contributed by atoms with Gasteiger partial charge in [0.15, 0.2) is 0 Å². The minimum Gasteiger partial charge on any atom is -0.469 e. The van der Waals surface area contributed by atoms with Gasteiger partial charge in [0.25, 0.3) is 0 Å². The van der Waals surface area contributed by atoms with Crippen molar-refractivity contribution in [1.82, 2.24) is 10.2 Å². The predicted molar refractivity (Wildman–Crippen MR) is 247 cm³/mol. The van der Waals surface area contributed by atoms with Crippen molar-refractivity contribution in [2.24, 2.45) is 28.9 Å². The van der Waals surface area contributed by atoms with Crippen molar-refractivity contribution < 1.29 is 33.5 Å². The molecule has 56 heavy (non-hydrogen) atoms. The maximum atomic E-state index is 11.1. The average molecular weight is 809 g/mol. The van der Waals surface area contributed by atoms with Crippen LogP contribution in [-0.4, -0.2) is 98.0 Å². The van der Waals surface area contributed by atoms with Crippen LogP contribution in [0.3, 0.4) is 0 Å². The Morgan fingerprint density at radius 3 is 1.41 bits per heavy atom. The molecule has 0 aliphatic carbocycles. The number of ether oxygens (including phenoxy) is 1. The predicted octanol–water partition coefficient (Wildman–Crippen LogP) is 7.36. The summed E-state index contributed by atoms with van der Waals surface area (Å²) >= 11 is 0. The van der Waals surface area contributed by atoms with E-state index in [1.54, 1.807) is 13.1 Å². The van der Waals surface area contributed by atoms with Gasteiger partial charge in [-0.1, -0.05) is 127 Å². The first-order chi connectivity index (χ1) is 26.1. The Labute approximate surface area is 347 Å². The summed E-state index contributed by atoms with van der Waals surface area (Å²) < 4.78 is 4.66. The third kappa shape index (κ3) is 104. The lowest BCUT2D eigenvalue weighted by atomic mass is 9.87. The number of aldehydes is 1. The number of methoxy groups -OCH3 is 1. The SMILES string of the molecule is C.C=CC.C=O.C=O.CC.CC.CC.CC(C)(C)c1ccc(C=O)cc1.CCCC(N)=O.CN.CN.CNCC(N)=O.COC(=O)[C@H](C)CCCCCN(C)C. The molecule has 1 atom stereocenters. The molecule has 0 aliphatic rings. The number of carbonyl (C=O) groups excluding carboxylic acids is 6. The number of nitrogens with one attached hydrogen (secondary N) is 1. The van der Waals surface area contributed by atoms with Crippen LogP contribution in [0.15, 0.2) is 36.9 Å². The summed E-state index contributed by atoms with van der Waals surface area (Å²) in [4.78, 5) is 59.2. The molecule has 0 spiro atoms. The summed E-state index contributed by atoms with van der Waals surface area (Å²) in [5.74, 6) is -0.563. The first kappa shape index (κ1) is 84.7. The van der Waals surface area contributed by atoms with E-state index in [9.17, 15) is 19.2 Å². The van der Waals surface area contributed by atoms with Crippen molar-refractivity contribution in [2.75, 3.05) is 55.4 Å².